The topological polar surface area (TPSA) is 41.1 Å². The monoisotopic (exact) mass is 288 g/mol. The van der Waals surface area contributed by atoms with Crippen LogP contribution in [0, 0.1) is 6.92 Å². The number of hydrogen-bond acceptors (Lipinski definition) is 2. The van der Waals surface area contributed by atoms with Gasteiger partial charge in [-0.3, -0.25) is 4.79 Å². The number of rotatable bonds is 5. The Morgan fingerprint density at radius 1 is 1.05 bits per heavy atom. The Bertz CT molecular complexity index is 599. The third-order valence-electron chi connectivity index (χ3n) is 2.96. The van der Waals surface area contributed by atoms with Gasteiger partial charge in [0.25, 0.3) is 0 Å². The first kappa shape index (κ1) is 14.4. The van der Waals surface area contributed by atoms with Crippen LogP contribution in [-0.2, 0) is 4.79 Å². The number of para-hydroxylation sites is 2. The molecule has 2 aromatic rings. The molecule has 0 atom stereocenters. The molecule has 0 saturated carbocycles. The van der Waals surface area contributed by atoms with Crippen molar-refractivity contribution in [2.75, 3.05) is 17.2 Å². The summed E-state index contributed by atoms with van der Waals surface area (Å²) in [5.74, 6) is -0.0563. The number of benzene rings is 2. The first-order valence-electron chi connectivity index (χ1n) is 6.50. The number of hydrogen-bond donors (Lipinski definition) is 2. The molecule has 0 bridgehead atoms. The average Bonchev–Trinajstić information content (AvgIpc) is 2.43. The van der Waals surface area contributed by atoms with Gasteiger partial charge < -0.3 is 10.6 Å². The van der Waals surface area contributed by atoms with Crippen molar-refractivity contribution in [1.29, 1.82) is 0 Å². The zero-order valence-corrected chi connectivity index (χ0v) is 12.1. The van der Waals surface area contributed by atoms with Crippen LogP contribution < -0.4 is 10.6 Å². The molecule has 1 amide bonds. The summed E-state index contributed by atoms with van der Waals surface area (Å²) in [5.41, 5.74) is 2.87. The van der Waals surface area contributed by atoms with Gasteiger partial charge in [-0.2, -0.15) is 0 Å². The predicted molar refractivity (Wildman–Crippen MR) is 84.4 cm³/mol. The maximum Gasteiger partial charge on any atom is 0.226 e. The summed E-state index contributed by atoms with van der Waals surface area (Å²) in [6.07, 6.45) is 0.388. The summed E-state index contributed by atoms with van der Waals surface area (Å²) in [5, 5.41) is 6.60. The van der Waals surface area contributed by atoms with Crippen molar-refractivity contribution < 1.29 is 4.79 Å². The van der Waals surface area contributed by atoms with Gasteiger partial charge in [0, 0.05) is 18.7 Å². The summed E-state index contributed by atoms with van der Waals surface area (Å²) in [6, 6.07) is 15.2. The third kappa shape index (κ3) is 4.00. The number of carbonyl (C=O) groups is 1. The smallest absolute Gasteiger partial charge is 0.226 e. The van der Waals surface area contributed by atoms with Crippen LogP contribution in [0.5, 0.6) is 0 Å². The summed E-state index contributed by atoms with van der Waals surface area (Å²) in [7, 11) is 0. The first-order valence-corrected chi connectivity index (χ1v) is 6.88. The minimum Gasteiger partial charge on any atom is -0.384 e. The molecule has 0 radical (unpaired) electrons. The van der Waals surface area contributed by atoms with Crippen molar-refractivity contribution >= 4 is 28.9 Å². The number of anilines is 2. The summed E-state index contributed by atoms with van der Waals surface area (Å²) in [6.45, 7) is 2.62. The molecular formula is C16H17ClN2O. The van der Waals surface area contributed by atoms with E-state index in [0.29, 0.717) is 23.7 Å². The maximum absolute atomic E-state index is 11.8. The van der Waals surface area contributed by atoms with Gasteiger partial charge in [0.15, 0.2) is 0 Å². The molecule has 0 unspecified atom stereocenters. The second-order valence-corrected chi connectivity index (χ2v) is 4.93. The molecular weight excluding hydrogens is 272 g/mol. The molecule has 3 nitrogen and oxygen atoms in total. The molecule has 0 aliphatic carbocycles. The van der Waals surface area contributed by atoms with Gasteiger partial charge in [0.05, 0.1) is 10.7 Å². The maximum atomic E-state index is 11.8. The van der Waals surface area contributed by atoms with Gasteiger partial charge in [0.2, 0.25) is 5.91 Å². The summed E-state index contributed by atoms with van der Waals surface area (Å²) >= 11 is 5.99. The van der Waals surface area contributed by atoms with Crippen LogP contribution >= 0.6 is 11.6 Å². The van der Waals surface area contributed by atoms with Crippen molar-refractivity contribution in [2.45, 2.75) is 13.3 Å². The molecule has 2 aromatic carbocycles. The molecule has 0 fully saturated rings. The molecule has 20 heavy (non-hydrogen) atoms. The van der Waals surface area contributed by atoms with Crippen LogP contribution in [0.3, 0.4) is 0 Å². The van der Waals surface area contributed by atoms with Gasteiger partial charge in [-0.1, -0.05) is 41.9 Å². The molecule has 2 rings (SSSR count). The van der Waals surface area contributed by atoms with Crippen LogP contribution in [0.2, 0.25) is 5.02 Å². The number of aryl methyl sites for hydroxylation is 1. The Morgan fingerprint density at radius 3 is 2.40 bits per heavy atom. The van der Waals surface area contributed by atoms with Gasteiger partial charge in [-0.25, -0.2) is 0 Å². The number of carbonyl (C=O) groups excluding carboxylic acids is 1. The third-order valence-corrected chi connectivity index (χ3v) is 3.29. The van der Waals surface area contributed by atoms with E-state index in [4.69, 9.17) is 11.6 Å². The second-order valence-electron chi connectivity index (χ2n) is 4.52. The molecule has 0 aliphatic heterocycles. The zero-order chi connectivity index (χ0) is 14.4. The lowest BCUT2D eigenvalue weighted by Crippen LogP contribution is -2.16. The fourth-order valence-electron chi connectivity index (χ4n) is 1.86. The van der Waals surface area contributed by atoms with Gasteiger partial charge in [0.1, 0.15) is 0 Å². The van der Waals surface area contributed by atoms with E-state index in [9.17, 15) is 4.79 Å². The Hall–Kier alpha value is -2.00. The van der Waals surface area contributed by atoms with Crippen LogP contribution in [0.25, 0.3) is 0 Å². The number of halogens is 1. The quantitative estimate of drug-likeness (QED) is 0.870. The van der Waals surface area contributed by atoms with Crippen molar-refractivity contribution in [1.82, 2.24) is 0 Å². The minimum atomic E-state index is -0.0563. The highest BCUT2D eigenvalue weighted by Crippen LogP contribution is 2.20. The van der Waals surface area contributed by atoms with E-state index in [-0.39, 0.29) is 5.91 Å². The van der Waals surface area contributed by atoms with Crippen LogP contribution in [0.4, 0.5) is 11.4 Å². The largest absolute Gasteiger partial charge is 0.384 e. The highest BCUT2D eigenvalue weighted by Gasteiger charge is 2.05. The van der Waals surface area contributed by atoms with Gasteiger partial charge in [-0.05, 0) is 30.7 Å². The normalized spacial score (nSPS) is 10.1. The summed E-state index contributed by atoms with van der Waals surface area (Å²) < 4.78 is 0. The molecule has 0 spiro atoms. The van der Waals surface area contributed by atoms with Crippen molar-refractivity contribution in [3.63, 3.8) is 0 Å². The average molecular weight is 289 g/mol. The Labute approximate surface area is 124 Å². The molecule has 0 heterocycles. The molecule has 2 N–H and O–H groups in total. The van der Waals surface area contributed by atoms with Gasteiger partial charge >= 0.3 is 0 Å². The fraction of sp³-hybridized carbons (Fsp3) is 0.188. The lowest BCUT2D eigenvalue weighted by atomic mass is 10.2. The zero-order valence-electron chi connectivity index (χ0n) is 11.3. The highest BCUT2D eigenvalue weighted by molar-refractivity contribution is 6.33. The summed E-state index contributed by atoms with van der Waals surface area (Å²) in [4.78, 5) is 11.8. The Balaban J connectivity index is 1.82. The van der Waals surface area contributed by atoms with Crippen molar-refractivity contribution in [3.05, 3.63) is 59.1 Å². The predicted octanol–water partition coefficient (Wildman–Crippen LogP) is 4.09. The van der Waals surface area contributed by atoms with E-state index >= 15 is 0 Å². The second kappa shape index (κ2) is 6.96. The van der Waals surface area contributed by atoms with Gasteiger partial charge in [-0.15, -0.1) is 0 Å². The molecule has 0 aromatic heterocycles. The van der Waals surface area contributed by atoms with E-state index in [1.165, 1.54) is 5.56 Å². The fourth-order valence-corrected chi connectivity index (χ4v) is 2.04. The molecule has 104 valence electrons. The SMILES string of the molecule is Cc1ccccc1NCCC(=O)Nc1ccccc1Cl. The lowest BCUT2D eigenvalue weighted by molar-refractivity contribution is -0.115. The lowest BCUT2D eigenvalue weighted by Gasteiger charge is -2.10. The van der Waals surface area contributed by atoms with Crippen molar-refractivity contribution in [2.24, 2.45) is 0 Å². The van der Waals surface area contributed by atoms with Crippen LogP contribution in [-0.4, -0.2) is 12.5 Å². The van der Waals surface area contributed by atoms with Crippen molar-refractivity contribution in [3.8, 4) is 0 Å². The first-order chi connectivity index (χ1) is 9.66. The van der Waals surface area contributed by atoms with E-state index in [0.717, 1.165) is 5.69 Å². The molecule has 4 heteroatoms. The minimum absolute atomic E-state index is 0.0563. The number of amides is 1. The van der Waals surface area contributed by atoms with Crippen LogP contribution in [0.1, 0.15) is 12.0 Å². The Morgan fingerprint density at radius 2 is 1.70 bits per heavy atom. The van der Waals surface area contributed by atoms with Crippen LogP contribution in [0.15, 0.2) is 48.5 Å². The molecule has 0 aliphatic rings. The molecule has 0 saturated heterocycles. The highest BCUT2D eigenvalue weighted by atomic mass is 35.5. The standard InChI is InChI=1S/C16H17ClN2O/c1-12-6-2-4-8-14(12)18-11-10-16(20)19-15-9-5-3-7-13(15)17/h2-9,18H,10-11H2,1H3,(H,19,20). The van der Waals surface area contributed by atoms with E-state index in [2.05, 4.69) is 10.6 Å². The number of nitrogens with one attached hydrogen (secondary N) is 2. The van der Waals surface area contributed by atoms with E-state index in [1.54, 1.807) is 12.1 Å². The Kier molecular flexibility index (Phi) is 5.02. The van der Waals surface area contributed by atoms with E-state index < -0.39 is 0 Å². The van der Waals surface area contributed by atoms with E-state index in [1.807, 2.05) is 43.3 Å².